The van der Waals surface area contributed by atoms with E-state index in [2.05, 4.69) is 5.32 Å². The van der Waals surface area contributed by atoms with Gasteiger partial charge in [-0.15, -0.1) is 0 Å². The third-order valence-corrected chi connectivity index (χ3v) is 4.27. The molecule has 0 unspecified atom stereocenters. The fraction of sp³-hybridized carbons (Fsp3) is 0.263. The molecule has 0 spiro atoms. The summed E-state index contributed by atoms with van der Waals surface area (Å²) >= 11 is 6.01. The third-order valence-electron chi connectivity index (χ3n) is 3.86. The highest BCUT2D eigenvalue weighted by atomic mass is 35.5. The van der Waals surface area contributed by atoms with E-state index in [4.69, 9.17) is 25.8 Å². The second kappa shape index (κ2) is 8.10. The Bertz CT molecular complexity index is 837. The summed E-state index contributed by atoms with van der Waals surface area (Å²) in [4.78, 5) is 23.9. The Balaban J connectivity index is 1.51. The highest BCUT2D eigenvalue weighted by Gasteiger charge is 2.15. The number of amides is 1. The number of esters is 1. The predicted molar refractivity (Wildman–Crippen MR) is 96.9 cm³/mol. The van der Waals surface area contributed by atoms with Crippen LogP contribution in [0, 0.1) is 6.92 Å². The lowest BCUT2D eigenvalue weighted by Gasteiger charge is -2.18. The molecular formula is C19H18ClNO5. The molecule has 0 aromatic heterocycles. The maximum Gasteiger partial charge on any atom is 0.310 e. The van der Waals surface area contributed by atoms with Gasteiger partial charge in [0.25, 0.3) is 5.91 Å². The van der Waals surface area contributed by atoms with Crippen molar-refractivity contribution < 1.29 is 23.8 Å². The molecule has 1 aliphatic rings. The smallest absolute Gasteiger partial charge is 0.310 e. The van der Waals surface area contributed by atoms with Gasteiger partial charge in [0.05, 0.1) is 6.42 Å². The summed E-state index contributed by atoms with van der Waals surface area (Å²) in [5.74, 6) is 0.339. The van der Waals surface area contributed by atoms with Gasteiger partial charge in [0.1, 0.15) is 13.2 Å². The van der Waals surface area contributed by atoms with Gasteiger partial charge in [-0.2, -0.15) is 0 Å². The first kappa shape index (κ1) is 18.1. The van der Waals surface area contributed by atoms with Crippen molar-refractivity contribution in [1.82, 2.24) is 0 Å². The Kier molecular flexibility index (Phi) is 5.63. The highest BCUT2D eigenvalue weighted by molar-refractivity contribution is 6.31. The summed E-state index contributed by atoms with van der Waals surface area (Å²) in [7, 11) is 0. The van der Waals surface area contributed by atoms with E-state index in [-0.39, 0.29) is 13.0 Å². The van der Waals surface area contributed by atoms with E-state index in [1.165, 1.54) is 0 Å². The zero-order chi connectivity index (χ0) is 18.5. The van der Waals surface area contributed by atoms with Crippen molar-refractivity contribution >= 4 is 29.2 Å². The number of halogens is 1. The first-order chi connectivity index (χ1) is 12.5. The van der Waals surface area contributed by atoms with Gasteiger partial charge >= 0.3 is 5.97 Å². The van der Waals surface area contributed by atoms with Crippen LogP contribution in [0.15, 0.2) is 36.4 Å². The molecule has 1 aliphatic heterocycles. The molecule has 0 bridgehead atoms. The van der Waals surface area contributed by atoms with Crippen molar-refractivity contribution in [2.24, 2.45) is 0 Å². The van der Waals surface area contributed by atoms with Crippen molar-refractivity contribution in [2.75, 3.05) is 25.1 Å². The molecule has 0 saturated carbocycles. The lowest BCUT2D eigenvalue weighted by atomic mass is 10.1. The maximum atomic E-state index is 12.0. The summed E-state index contributed by atoms with van der Waals surface area (Å²) in [6, 6.07) is 10.5. The molecule has 1 amide bonds. The van der Waals surface area contributed by atoms with E-state index in [1.54, 1.807) is 43.3 Å². The molecule has 0 saturated heterocycles. The van der Waals surface area contributed by atoms with Crippen molar-refractivity contribution in [2.45, 2.75) is 13.3 Å². The fourth-order valence-corrected chi connectivity index (χ4v) is 2.67. The molecule has 7 heteroatoms. The number of rotatable bonds is 5. The molecule has 26 heavy (non-hydrogen) atoms. The van der Waals surface area contributed by atoms with Crippen LogP contribution in [0.3, 0.4) is 0 Å². The lowest BCUT2D eigenvalue weighted by Crippen LogP contribution is -2.22. The molecule has 0 aliphatic carbocycles. The molecule has 0 fully saturated rings. The Morgan fingerprint density at radius 2 is 1.92 bits per heavy atom. The Hall–Kier alpha value is -2.73. The molecule has 2 aromatic carbocycles. The second-order valence-corrected chi connectivity index (χ2v) is 6.18. The van der Waals surface area contributed by atoms with Gasteiger partial charge in [-0.1, -0.05) is 23.7 Å². The number of carbonyl (C=O) groups excluding carboxylic acids is 2. The lowest BCUT2D eigenvalue weighted by molar-refractivity contribution is -0.146. The Morgan fingerprint density at radius 3 is 2.73 bits per heavy atom. The number of hydrogen-bond donors (Lipinski definition) is 1. The predicted octanol–water partition coefficient (Wildman–Crippen LogP) is 3.14. The van der Waals surface area contributed by atoms with Crippen LogP contribution in [-0.4, -0.2) is 31.7 Å². The quantitative estimate of drug-likeness (QED) is 0.813. The first-order valence-corrected chi connectivity index (χ1v) is 8.50. The Morgan fingerprint density at radius 1 is 1.15 bits per heavy atom. The van der Waals surface area contributed by atoms with Crippen LogP contribution < -0.4 is 14.8 Å². The van der Waals surface area contributed by atoms with Gasteiger partial charge in [0.15, 0.2) is 18.1 Å². The van der Waals surface area contributed by atoms with Crippen molar-refractivity contribution in [3.63, 3.8) is 0 Å². The van der Waals surface area contributed by atoms with Crippen LogP contribution in [0.1, 0.15) is 11.1 Å². The number of carbonyl (C=O) groups is 2. The number of hydrogen-bond acceptors (Lipinski definition) is 5. The summed E-state index contributed by atoms with van der Waals surface area (Å²) < 4.78 is 16.0. The summed E-state index contributed by atoms with van der Waals surface area (Å²) in [6.07, 6.45) is 0.0418. The zero-order valence-corrected chi connectivity index (χ0v) is 15.0. The molecule has 0 atom stereocenters. The summed E-state index contributed by atoms with van der Waals surface area (Å²) in [5.41, 5.74) is 2.07. The van der Waals surface area contributed by atoms with Gasteiger partial charge in [-0.3, -0.25) is 9.59 Å². The van der Waals surface area contributed by atoms with Gasteiger partial charge < -0.3 is 19.5 Å². The van der Waals surface area contributed by atoms with Gasteiger partial charge in [0, 0.05) is 10.7 Å². The van der Waals surface area contributed by atoms with E-state index in [1.807, 2.05) is 0 Å². The van der Waals surface area contributed by atoms with Gasteiger partial charge in [-0.25, -0.2) is 0 Å². The molecule has 2 aromatic rings. The summed E-state index contributed by atoms with van der Waals surface area (Å²) in [5, 5.41) is 3.23. The van der Waals surface area contributed by atoms with Crippen molar-refractivity contribution in [3.05, 3.63) is 52.5 Å². The standard InChI is InChI=1S/C19H18ClNO5/c1-12-14(20)3-2-4-15(12)21-18(22)11-26-19(23)10-13-5-6-16-17(9-13)25-8-7-24-16/h2-6,9H,7-8,10-11H2,1H3,(H,21,22). The van der Waals surface area contributed by atoms with Gasteiger partial charge in [-0.05, 0) is 42.3 Å². The SMILES string of the molecule is Cc1c(Cl)cccc1NC(=O)COC(=O)Cc1ccc2c(c1)OCCO2. The van der Waals surface area contributed by atoms with Crippen LogP contribution in [0.4, 0.5) is 5.69 Å². The minimum Gasteiger partial charge on any atom is -0.486 e. The van der Waals surface area contributed by atoms with Crippen LogP contribution in [-0.2, 0) is 20.7 Å². The normalized spacial score (nSPS) is 12.4. The monoisotopic (exact) mass is 375 g/mol. The van der Waals surface area contributed by atoms with Crippen LogP contribution in [0.2, 0.25) is 5.02 Å². The number of fused-ring (bicyclic) bond motifs is 1. The molecule has 1 heterocycles. The largest absolute Gasteiger partial charge is 0.486 e. The van der Waals surface area contributed by atoms with Crippen LogP contribution in [0.25, 0.3) is 0 Å². The van der Waals surface area contributed by atoms with Gasteiger partial charge in [0.2, 0.25) is 0 Å². The van der Waals surface area contributed by atoms with E-state index in [9.17, 15) is 9.59 Å². The molecular weight excluding hydrogens is 358 g/mol. The average molecular weight is 376 g/mol. The van der Waals surface area contributed by atoms with Crippen molar-refractivity contribution in [3.8, 4) is 11.5 Å². The van der Waals surface area contributed by atoms with E-state index < -0.39 is 11.9 Å². The molecule has 3 rings (SSSR count). The molecule has 0 radical (unpaired) electrons. The number of anilines is 1. The Labute approximate surface area is 156 Å². The molecule has 1 N–H and O–H groups in total. The highest BCUT2D eigenvalue weighted by Crippen LogP contribution is 2.30. The first-order valence-electron chi connectivity index (χ1n) is 8.12. The molecule has 6 nitrogen and oxygen atoms in total. The second-order valence-electron chi connectivity index (χ2n) is 5.78. The van der Waals surface area contributed by atoms with E-state index >= 15 is 0 Å². The van der Waals surface area contributed by atoms with Crippen molar-refractivity contribution in [1.29, 1.82) is 0 Å². The summed E-state index contributed by atoms with van der Waals surface area (Å²) in [6.45, 7) is 2.42. The maximum absolute atomic E-state index is 12.0. The fourth-order valence-electron chi connectivity index (χ4n) is 2.49. The minimum atomic E-state index is -0.500. The van der Waals surface area contributed by atoms with E-state index in [0.29, 0.717) is 35.4 Å². The topological polar surface area (TPSA) is 73.9 Å². The molecule has 136 valence electrons. The number of nitrogens with one attached hydrogen (secondary N) is 1. The van der Waals surface area contributed by atoms with E-state index in [0.717, 1.165) is 11.1 Å². The van der Waals surface area contributed by atoms with Crippen LogP contribution in [0.5, 0.6) is 11.5 Å². The van der Waals surface area contributed by atoms with Crippen LogP contribution >= 0.6 is 11.6 Å². The zero-order valence-electron chi connectivity index (χ0n) is 14.2. The minimum absolute atomic E-state index is 0.0418. The number of ether oxygens (including phenoxy) is 3. The average Bonchev–Trinajstić information content (AvgIpc) is 2.64. The number of benzene rings is 2. The third kappa shape index (κ3) is 4.46.